The minimum Gasteiger partial charge on any atom is -0.465 e. The summed E-state index contributed by atoms with van der Waals surface area (Å²) < 4.78 is 19.2. The van der Waals surface area contributed by atoms with Crippen molar-refractivity contribution in [2.45, 2.75) is 62.5 Å². The number of nitrogens with zero attached hydrogens (tertiary/aromatic N) is 1. The maximum Gasteiger partial charge on any atom is 0.293 e. The summed E-state index contributed by atoms with van der Waals surface area (Å²) in [6, 6.07) is 6.02. The molecule has 158 valence electrons. The Balaban J connectivity index is 0.000000431. The number of aromatic nitrogens is 2. The summed E-state index contributed by atoms with van der Waals surface area (Å²) >= 11 is 1.70. The number of carbonyl (C=O) groups is 1. The van der Waals surface area contributed by atoms with E-state index in [9.17, 15) is 9.18 Å². The largest absolute Gasteiger partial charge is 0.465 e. The van der Waals surface area contributed by atoms with Gasteiger partial charge >= 0.3 is 0 Å². The number of hydrogen-bond acceptors (Lipinski definition) is 6. The number of benzene rings is 1. The second-order valence-corrected chi connectivity index (χ2v) is 8.82. The fourth-order valence-electron chi connectivity index (χ4n) is 3.47. The predicted octanol–water partition coefficient (Wildman–Crippen LogP) is 4.36. The van der Waals surface area contributed by atoms with Crippen molar-refractivity contribution in [3.8, 4) is 0 Å². The van der Waals surface area contributed by atoms with E-state index in [1.807, 2.05) is 19.2 Å². The number of rotatable bonds is 6. The standard InChI is InChI=1S/C17H18FN3O2S.C4H11N/c18-13-7-16-11(3-4-24-16)6-15(13)19-17-8-14(20-21-17)10-1-2-12(5-10)23-9-22;1-4(2)5-3/h6-10,12H,1-5H2,(H2,19,20,21);4-5H,1-3H3. The Morgan fingerprint density at radius 2 is 2.14 bits per heavy atom. The third-order valence-corrected chi connectivity index (χ3v) is 6.39. The number of anilines is 2. The van der Waals surface area contributed by atoms with Gasteiger partial charge in [-0.05, 0) is 50.4 Å². The van der Waals surface area contributed by atoms with E-state index >= 15 is 0 Å². The molecule has 3 N–H and O–H groups in total. The van der Waals surface area contributed by atoms with Crippen LogP contribution in [0.2, 0.25) is 0 Å². The highest BCUT2D eigenvalue weighted by Crippen LogP contribution is 2.37. The van der Waals surface area contributed by atoms with Crippen LogP contribution in [0.25, 0.3) is 0 Å². The molecule has 6 nitrogen and oxygen atoms in total. The number of H-pyrrole nitrogens is 1. The van der Waals surface area contributed by atoms with E-state index in [1.54, 1.807) is 17.8 Å². The van der Waals surface area contributed by atoms with E-state index in [0.717, 1.165) is 42.0 Å². The van der Waals surface area contributed by atoms with Crippen LogP contribution in [0.15, 0.2) is 23.1 Å². The first-order valence-electron chi connectivity index (χ1n) is 10.0. The Morgan fingerprint density at radius 3 is 2.86 bits per heavy atom. The van der Waals surface area contributed by atoms with Gasteiger partial charge in [-0.15, -0.1) is 11.8 Å². The molecule has 8 heteroatoms. The average Bonchev–Trinajstić information content (AvgIpc) is 3.43. The number of hydrogen-bond donors (Lipinski definition) is 3. The fourth-order valence-corrected chi connectivity index (χ4v) is 4.54. The van der Waals surface area contributed by atoms with Crippen molar-refractivity contribution < 1.29 is 13.9 Å². The number of fused-ring (bicyclic) bond motifs is 1. The van der Waals surface area contributed by atoms with Crippen LogP contribution in [0.4, 0.5) is 15.9 Å². The molecule has 0 spiro atoms. The number of thioether (sulfide) groups is 1. The SMILES string of the molecule is CNC(C)C.O=COC1CCC(c2cc(Nc3cc4c(cc3F)SCC4)n[nH]2)C1. The van der Waals surface area contributed by atoms with Crippen LogP contribution in [0, 0.1) is 5.82 Å². The van der Waals surface area contributed by atoms with E-state index in [2.05, 4.69) is 34.7 Å². The molecule has 2 aromatic rings. The molecule has 4 rings (SSSR count). The average molecular weight is 421 g/mol. The van der Waals surface area contributed by atoms with Crippen LogP contribution in [0.5, 0.6) is 0 Å². The van der Waals surface area contributed by atoms with E-state index in [-0.39, 0.29) is 11.9 Å². The van der Waals surface area contributed by atoms with Gasteiger partial charge in [-0.3, -0.25) is 9.89 Å². The van der Waals surface area contributed by atoms with Crippen molar-refractivity contribution in [2.75, 3.05) is 18.1 Å². The number of nitrogens with one attached hydrogen (secondary N) is 3. The number of carbonyl (C=O) groups excluding carboxylic acids is 1. The molecule has 1 aliphatic heterocycles. The monoisotopic (exact) mass is 420 g/mol. The first-order chi connectivity index (χ1) is 14.0. The van der Waals surface area contributed by atoms with E-state index in [0.29, 0.717) is 29.9 Å². The molecule has 1 aromatic heterocycles. The third kappa shape index (κ3) is 5.73. The van der Waals surface area contributed by atoms with E-state index in [4.69, 9.17) is 4.74 Å². The van der Waals surface area contributed by atoms with E-state index < -0.39 is 0 Å². The molecule has 0 bridgehead atoms. The summed E-state index contributed by atoms with van der Waals surface area (Å²) in [4.78, 5) is 11.5. The summed E-state index contributed by atoms with van der Waals surface area (Å²) in [6.45, 7) is 4.74. The van der Waals surface area contributed by atoms with Gasteiger partial charge in [-0.25, -0.2) is 4.39 Å². The van der Waals surface area contributed by atoms with Crippen LogP contribution in [-0.4, -0.2) is 41.6 Å². The number of aromatic amines is 1. The third-order valence-electron chi connectivity index (χ3n) is 5.29. The maximum absolute atomic E-state index is 14.2. The Kier molecular flexibility index (Phi) is 7.55. The molecule has 2 atom stereocenters. The molecular formula is C21H29FN4O2S. The van der Waals surface area contributed by atoms with E-state index in [1.165, 1.54) is 5.56 Å². The Hall–Kier alpha value is -2.06. The van der Waals surface area contributed by atoms with Crippen LogP contribution in [0.1, 0.15) is 50.3 Å². The molecule has 1 fully saturated rings. The van der Waals surface area contributed by atoms with Crippen LogP contribution in [0.3, 0.4) is 0 Å². The Bertz CT molecular complexity index is 827. The number of aryl methyl sites for hydroxylation is 1. The minimum absolute atomic E-state index is 0.0149. The highest BCUT2D eigenvalue weighted by molar-refractivity contribution is 7.99. The molecular weight excluding hydrogens is 391 g/mol. The first-order valence-corrected chi connectivity index (χ1v) is 11.0. The van der Waals surface area contributed by atoms with Crippen LogP contribution in [-0.2, 0) is 16.0 Å². The van der Waals surface area contributed by atoms with Crippen molar-refractivity contribution >= 4 is 29.7 Å². The van der Waals surface area contributed by atoms with Crippen LogP contribution < -0.4 is 10.6 Å². The lowest BCUT2D eigenvalue weighted by Crippen LogP contribution is -2.15. The molecule has 2 heterocycles. The van der Waals surface area contributed by atoms with Crippen molar-refractivity contribution in [3.63, 3.8) is 0 Å². The summed E-state index contributed by atoms with van der Waals surface area (Å²) in [5, 5.41) is 13.4. The minimum atomic E-state index is -0.256. The molecule has 0 amide bonds. The van der Waals surface area contributed by atoms with Gasteiger partial charge in [0.1, 0.15) is 11.9 Å². The lowest BCUT2D eigenvalue weighted by molar-refractivity contribution is -0.133. The second kappa shape index (κ2) is 10.1. The smallest absolute Gasteiger partial charge is 0.293 e. The lowest BCUT2D eigenvalue weighted by Gasteiger charge is -2.08. The predicted molar refractivity (Wildman–Crippen MR) is 114 cm³/mol. The van der Waals surface area contributed by atoms with Gasteiger partial charge in [0, 0.05) is 34.4 Å². The number of halogens is 1. The van der Waals surface area contributed by atoms with Gasteiger partial charge in [-0.2, -0.15) is 5.10 Å². The fraction of sp³-hybridized carbons (Fsp3) is 0.524. The molecule has 0 radical (unpaired) electrons. The Morgan fingerprint density at radius 1 is 1.34 bits per heavy atom. The van der Waals surface area contributed by atoms with Crippen LogP contribution >= 0.6 is 11.8 Å². The molecule has 0 saturated heterocycles. The van der Waals surface area contributed by atoms with Crippen molar-refractivity contribution in [1.29, 1.82) is 0 Å². The zero-order valence-corrected chi connectivity index (χ0v) is 17.9. The summed E-state index contributed by atoms with van der Waals surface area (Å²) in [5.74, 6) is 1.65. The quantitative estimate of drug-likeness (QED) is 0.603. The normalized spacial score (nSPS) is 20.2. The van der Waals surface area contributed by atoms with Gasteiger partial charge < -0.3 is 15.4 Å². The highest BCUT2D eigenvalue weighted by Gasteiger charge is 2.28. The summed E-state index contributed by atoms with van der Waals surface area (Å²) in [6.07, 6.45) is 3.57. The van der Waals surface area contributed by atoms with Gasteiger partial charge in [0.15, 0.2) is 5.82 Å². The van der Waals surface area contributed by atoms with Crippen molar-refractivity contribution in [1.82, 2.24) is 15.5 Å². The number of ether oxygens (including phenoxy) is 1. The zero-order valence-electron chi connectivity index (χ0n) is 17.1. The molecule has 2 unspecified atom stereocenters. The zero-order chi connectivity index (χ0) is 20.8. The second-order valence-electron chi connectivity index (χ2n) is 7.68. The van der Waals surface area contributed by atoms with Crippen molar-refractivity contribution in [2.24, 2.45) is 0 Å². The van der Waals surface area contributed by atoms with Gasteiger partial charge in [0.05, 0.1) is 5.69 Å². The summed E-state index contributed by atoms with van der Waals surface area (Å²) in [7, 11) is 1.95. The topological polar surface area (TPSA) is 79.0 Å². The molecule has 2 aliphatic rings. The molecule has 1 aromatic carbocycles. The summed E-state index contributed by atoms with van der Waals surface area (Å²) in [5.41, 5.74) is 2.64. The van der Waals surface area contributed by atoms with Gasteiger partial charge in [0.25, 0.3) is 6.47 Å². The Labute approximate surface area is 175 Å². The van der Waals surface area contributed by atoms with Gasteiger partial charge in [-0.1, -0.05) is 13.8 Å². The van der Waals surface area contributed by atoms with Crippen molar-refractivity contribution in [3.05, 3.63) is 35.3 Å². The molecule has 29 heavy (non-hydrogen) atoms. The lowest BCUT2D eigenvalue weighted by atomic mass is 10.0. The highest BCUT2D eigenvalue weighted by atomic mass is 32.2. The first kappa shape index (κ1) is 21.6. The molecule has 1 saturated carbocycles. The maximum atomic E-state index is 14.2. The molecule has 1 aliphatic carbocycles. The van der Waals surface area contributed by atoms with Gasteiger partial charge in [0.2, 0.25) is 0 Å².